The molecule has 1 aromatic carbocycles. The number of hydrogen-bond acceptors (Lipinski definition) is 6. The Morgan fingerprint density at radius 1 is 1.10 bits per heavy atom. The lowest BCUT2D eigenvalue weighted by Gasteiger charge is -2.32. The van der Waals surface area contributed by atoms with Crippen molar-refractivity contribution in [2.24, 2.45) is 5.92 Å². The summed E-state index contributed by atoms with van der Waals surface area (Å²) >= 11 is 0. The third kappa shape index (κ3) is 3.83. The smallest absolute Gasteiger partial charge is 0.250 e. The van der Waals surface area contributed by atoms with Gasteiger partial charge >= 0.3 is 0 Å². The zero-order valence-electron chi connectivity index (χ0n) is 16.7. The van der Waals surface area contributed by atoms with E-state index < -0.39 is 0 Å². The highest BCUT2D eigenvalue weighted by Gasteiger charge is 2.38. The molecule has 9 heteroatoms. The van der Waals surface area contributed by atoms with Gasteiger partial charge in [0.25, 0.3) is 5.89 Å². The van der Waals surface area contributed by atoms with E-state index in [2.05, 4.69) is 10.2 Å². The van der Waals surface area contributed by atoms with E-state index in [1.54, 1.807) is 35.6 Å². The number of amides is 2. The highest BCUT2D eigenvalue weighted by molar-refractivity contribution is 6.00. The van der Waals surface area contributed by atoms with Gasteiger partial charge in [-0.05, 0) is 43.2 Å². The fourth-order valence-corrected chi connectivity index (χ4v) is 4.25. The van der Waals surface area contributed by atoms with Crippen LogP contribution in [0.25, 0.3) is 11.5 Å². The van der Waals surface area contributed by atoms with Gasteiger partial charge in [0.15, 0.2) is 0 Å². The number of nitrogens with zero attached hydrogens (tertiary/aromatic N) is 4. The van der Waals surface area contributed by atoms with E-state index in [4.69, 9.17) is 8.83 Å². The van der Waals surface area contributed by atoms with Gasteiger partial charge < -0.3 is 18.6 Å². The van der Waals surface area contributed by atoms with Gasteiger partial charge in [0.2, 0.25) is 17.7 Å². The molecule has 2 aliphatic rings. The van der Waals surface area contributed by atoms with Crippen LogP contribution < -0.4 is 4.90 Å². The third-order valence-corrected chi connectivity index (χ3v) is 5.98. The molecule has 2 aromatic heterocycles. The Labute approximate surface area is 177 Å². The number of aromatic nitrogens is 2. The third-order valence-electron chi connectivity index (χ3n) is 5.98. The van der Waals surface area contributed by atoms with Crippen molar-refractivity contribution in [1.82, 2.24) is 15.1 Å². The maximum atomic E-state index is 13.2. The lowest BCUT2D eigenvalue weighted by atomic mass is 9.95. The van der Waals surface area contributed by atoms with E-state index in [-0.39, 0.29) is 35.9 Å². The molecule has 0 aliphatic carbocycles. The normalized spacial score (nSPS) is 19.9. The second kappa shape index (κ2) is 7.98. The van der Waals surface area contributed by atoms with Gasteiger partial charge in [-0.2, -0.15) is 0 Å². The molecule has 0 bridgehead atoms. The summed E-state index contributed by atoms with van der Waals surface area (Å²) in [6, 6.07) is 7.52. The topological polar surface area (TPSA) is 92.7 Å². The zero-order valence-corrected chi connectivity index (χ0v) is 16.7. The number of rotatable bonds is 4. The number of carbonyl (C=O) groups is 2. The number of halogens is 1. The molecular formula is C22H21FN4O4. The van der Waals surface area contributed by atoms with E-state index in [1.165, 1.54) is 12.1 Å². The molecule has 160 valence electrons. The first-order valence-electron chi connectivity index (χ1n) is 10.3. The van der Waals surface area contributed by atoms with Crippen LogP contribution in [-0.2, 0) is 9.59 Å². The summed E-state index contributed by atoms with van der Waals surface area (Å²) in [5, 5.41) is 8.24. The largest absolute Gasteiger partial charge is 0.472 e. The molecule has 2 saturated heterocycles. The van der Waals surface area contributed by atoms with Crippen molar-refractivity contribution in [3.8, 4) is 11.5 Å². The van der Waals surface area contributed by atoms with Gasteiger partial charge in [-0.25, -0.2) is 4.39 Å². The predicted molar refractivity (Wildman–Crippen MR) is 107 cm³/mol. The van der Waals surface area contributed by atoms with Crippen LogP contribution in [0, 0.1) is 11.7 Å². The quantitative estimate of drug-likeness (QED) is 0.639. The minimum Gasteiger partial charge on any atom is -0.472 e. The van der Waals surface area contributed by atoms with E-state index >= 15 is 0 Å². The molecule has 2 aliphatic heterocycles. The molecule has 2 fully saturated rings. The van der Waals surface area contributed by atoms with Gasteiger partial charge in [0.05, 0.1) is 17.7 Å². The average molecular weight is 424 g/mol. The summed E-state index contributed by atoms with van der Waals surface area (Å²) in [5.74, 6) is 0.222. The Hall–Kier alpha value is -3.49. The second-order valence-corrected chi connectivity index (χ2v) is 7.94. The van der Waals surface area contributed by atoms with Gasteiger partial charge in [0.1, 0.15) is 12.1 Å². The first-order valence-corrected chi connectivity index (χ1v) is 10.3. The van der Waals surface area contributed by atoms with Crippen LogP contribution in [0.5, 0.6) is 0 Å². The minimum absolute atomic E-state index is 0.0129. The first kappa shape index (κ1) is 19.5. The van der Waals surface area contributed by atoms with Crippen molar-refractivity contribution in [2.75, 3.05) is 24.5 Å². The number of hydrogen-bond donors (Lipinski definition) is 0. The first-order chi connectivity index (χ1) is 15.1. The van der Waals surface area contributed by atoms with Crippen molar-refractivity contribution in [3.05, 3.63) is 54.6 Å². The van der Waals surface area contributed by atoms with Crippen LogP contribution in [0.4, 0.5) is 10.1 Å². The molecule has 0 saturated carbocycles. The number of furan rings is 1. The van der Waals surface area contributed by atoms with Gasteiger partial charge in [-0.1, -0.05) is 0 Å². The molecule has 5 rings (SSSR count). The Bertz CT molecular complexity index is 1070. The van der Waals surface area contributed by atoms with Crippen LogP contribution in [0.3, 0.4) is 0 Å². The van der Waals surface area contributed by atoms with Crippen molar-refractivity contribution >= 4 is 17.5 Å². The second-order valence-electron chi connectivity index (χ2n) is 7.94. The number of piperidine rings is 1. The Kier molecular flexibility index (Phi) is 5.01. The Morgan fingerprint density at radius 3 is 2.58 bits per heavy atom. The number of benzene rings is 1. The Morgan fingerprint density at radius 2 is 1.87 bits per heavy atom. The molecule has 8 nitrogen and oxygen atoms in total. The average Bonchev–Trinajstić information content (AvgIpc) is 3.55. The van der Waals surface area contributed by atoms with E-state index in [0.29, 0.717) is 37.1 Å². The standard InChI is InChI=1S/C22H21FN4O4/c23-17-1-3-18(4-2-17)27-12-16(11-19(27)28)22(29)26-8-5-14(6-9-26)20-24-25-21(31-20)15-7-10-30-13-15/h1-4,7,10,13-14,16H,5-6,8-9,11-12H2. The van der Waals surface area contributed by atoms with Crippen molar-refractivity contribution in [2.45, 2.75) is 25.2 Å². The summed E-state index contributed by atoms with van der Waals surface area (Å²) in [6.07, 6.45) is 4.72. The van der Waals surface area contributed by atoms with Crippen LogP contribution in [-0.4, -0.2) is 46.5 Å². The lowest BCUT2D eigenvalue weighted by Crippen LogP contribution is -2.42. The summed E-state index contributed by atoms with van der Waals surface area (Å²) in [6.45, 7) is 1.48. The molecule has 31 heavy (non-hydrogen) atoms. The van der Waals surface area contributed by atoms with Crippen LogP contribution in [0.2, 0.25) is 0 Å². The molecule has 3 aromatic rings. The number of carbonyl (C=O) groups excluding carboxylic acids is 2. The van der Waals surface area contributed by atoms with Crippen molar-refractivity contribution < 1.29 is 22.8 Å². The SMILES string of the molecule is O=C(C1CC(=O)N(c2ccc(F)cc2)C1)N1CCC(c2nnc(-c3ccoc3)o2)CC1. The summed E-state index contributed by atoms with van der Waals surface area (Å²) in [4.78, 5) is 28.8. The van der Waals surface area contributed by atoms with Crippen molar-refractivity contribution in [1.29, 1.82) is 0 Å². The van der Waals surface area contributed by atoms with E-state index in [9.17, 15) is 14.0 Å². The molecule has 0 N–H and O–H groups in total. The molecule has 2 amide bonds. The monoisotopic (exact) mass is 424 g/mol. The zero-order chi connectivity index (χ0) is 21.4. The van der Waals surface area contributed by atoms with Gasteiger partial charge in [-0.3, -0.25) is 9.59 Å². The summed E-state index contributed by atoms with van der Waals surface area (Å²) in [5.41, 5.74) is 1.35. The minimum atomic E-state index is -0.384. The predicted octanol–water partition coefficient (Wildman–Crippen LogP) is 3.23. The molecule has 0 radical (unpaired) electrons. The van der Waals surface area contributed by atoms with Gasteiger partial charge in [-0.15, -0.1) is 10.2 Å². The summed E-state index contributed by atoms with van der Waals surface area (Å²) in [7, 11) is 0. The Balaban J connectivity index is 1.19. The van der Waals surface area contributed by atoms with Crippen LogP contribution in [0.1, 0.15) is 31.1 Å². The molecule has 0 spiro atoms. The maximum Gasteiger partial charge on any atom is 0.250 e. The van der Waals surface area contributed by atoms with Crippen LogP contribution in [0.15, 0.2) is 51.7 Å². The number of anilines is 1. The molecule has 1 atom stereocenters. The highest BCUT2D eigenvalue weighted by Crippen LogP contribution is 2.32. The highest BCUT2D eigenvalue weighted by atomic mass is 19.1. The maximum absolute atomic E-state index is 13.2. The van der Waals surface area contributed by atoms with E-state index in [0.717, 1.165) is 18.4 Å². The molecular weight excluding hydrogens is 403 g/mol. The van der Waals surface area contributed by atoms with Crippen LogP contribution >= 0.6 is 0 Å². The van der Waals surface area contributed by atoms with Gasteiger partial charge in [0, 0.05) is 37.7 Å². The van der Waals surface area contributed by atoms with Crippen molar-refractivity contribution in [3.63, 3.8) is 0 Å². The van der Waals surface area contributed by atoms with E-state index in [1.807, 2.05) is 4.90 Å². The molecule has 4 heterocycles. The fraction of sp³-hybridized carbons (Fsp3) is 0.364. The molecule has 1 unspecified atom stereocenters. The number of likely N-dealkylation sites (tertiary alicyclic amines) is 1. The lowest BCUT2D eigenvalue weighted by molar-refractivity contribution is -0.136. The fourth-order valence-electron chi connectivity index (χ4n) is 4.25. The summed E-state index contributed by atoms with van der Waals surface area (Å²) < 4.78 is 24.0.